The van der Waals surface area contributed by atoms with Gasteiger partial charge in [0, 0.05) is 6.07 Å². The van der Waals surface area contributed by atoms with Crippen LogP contribution in [0.1, 0.15) is 56.4 Å². The van der Waals surface area contributed by atoms with Crippen LogP contribution in [0.5, 0.6) is 17.6 Å². The van der Waals surface area contributed by atoms with Gasteiger partial charge < -0.3 is 29.6 Å². The lowest BCUT2D eigenvalue weighted by atomic mass is 10.2. The van der Waals surface area contributed by atoms with Crippen molar-refractivity contribution in [2.75, 3.05) is 17.7 Å². The summed E-state index contributed by atoms with van der Waals surface area (Å²) in [4.78, 5) is 62.5. The number of carbonyl (C=O) groups is 3. The van der Waals surface area contributed by atoms with Crippen molar-refractivity contribution in [2.45, 2.75) is 33.2 Å². The number of carbonyl (C=O) groups excluding carboxylic acids is 3. The Bertz CT molecular complexity index is 2040. The summed E-state index contributed by atoms with van der Waals surface area (Å²) in [5.41, 5.74) is 1.17. The van der Waals surface area contributed by atoms with E-state index in [9.17, 15) is 24.5 Å². The molecule has 0 saturated heterocycles. The van der Waals surface area contributed by atoms with E-state index in [2.05, 4.69) is 25.6 Å². The second-order valence-corrected chi connectivity index (χ2v) is 11.0. The Morgan fingerprint density at radius 3 is 1.59 bits per heavy atom. The molecule has 0 atom stereocenters. The number of methoxy groups -OCH3 is 1. The number of nitro groups is 1. The van der Waals surface area contributed by atoms with Crippen LogP contribution in [0, 0.1) is 10.1 Å². The summed E-state index contributed by atoms with van der Waals surface area (Å²) in [6.07, 6.45) is -0.441. The highest BCUT2D eigenvalue weighted by molar-refractivity contribution is 6.06. The molecule has 5 rings (SSSR count). The minimum Gasteiger partial charge on any atom is -0.471 e. The third kappa shape index (κ3) is 9.38. The highest BCUT2D eigenvalue weighted by Crippen LogP contribution is 2.29. The maximum atomic E-state index is 13.5. The molecular weight excluding hydrogens is 660 g/mol. The average molecular weight is 693 g/mol. The number of ether oxygens (including phenoxy) is 4. The lowest BCUT2D eigenvalue weighted by Crippen LogP contribution is -2.19. The molecule has 0 saturated carbocycles. The van der Waals surface area contributed by atoms with Crippen molar-refractivity contribution in [3.8, 4) is 17.6 Å². The number of aromatic nitrogens is 3. The second kappa shape index (κ2) is 16.5. The van der Waals surface area contributed by atoms with Crippen molar-refractivity contribution in [3.05, 3.63) is 135 Å². The van der Waals surface area contributed by atoms with E-state index in [1.807, 2.05) is 60.7 Å². The van der Waals surface area contributed by atoms with E-state index in [1.165, 1.54) is 37.4 Å². The van der Waals surface area contributed by atoms with Crippen LogP contribution in [0.4, 0.5) is 17.1 Å². The molecule has 2 amide bonds. The molecule has 51 heavy (non-hydrogen) atoms. The van der Waals surface area contributed by atoms with Gasteiger partial charge in [0.25, 0.3) is 17.7 Å². The minimum absolute atomic E-state index is 0.0289. The summed E-state index contributed by atoms with van der Waals surface area (Å²) in [6, 6.07) is 26.3. The summed E-state index contributed by atoms with van der Waals surface area (Å²) < 4.78 is 22.1. The molecule has 0 aliphatic rings. The Balaban J connectivity index is 1.42. The molecule has 3 heterocycles. The zero-order valence-electron chi connectivity index (χ0n) is 27.7. The van der Waals surface area contributed by atoms with Crippen molar-refractivity contribution in [2.24, 2.45) is 0 Å². The number of hydrogen-bond donors (Lipinski definition) is 2. The van der Waals surface area contributed by atoms with Crippen molar-refractivity contribution in [1.82, 2.24) is 15.0 Å². The molecule has 2 N–H and O–H groups in total. The number of rotatable bonds is 14. The van der Waals surface area contributed by atoms with Gasteiger partial charge in [-0.25, -0.2) is 19.7 Å². The molecule has 15 nitrogen and oxygen atoms in total. The molecule has 0 radical (unpaired) electrons. The monoisotopic (exact) mass is 692 g/mol. The summed E-state index contributed by atoms with van der Waals surface area (Å²) in [7, 11) is 1.22. The summed E-state index contributed by atoms with van der Waals surface area (Å²) in [5.74, 6) is -2.55. The zero-order valence-corrected chi connectivity index (χ0v) is 27.7. The maximum absolute atomic E-state index is 13.5. The Kier molecular flexibility index (Phi) is 11.4. The number of esters is 1. The second-order valence-electron chi connectivity index (χ2n) is 11.0. The van der Waals surface area contributed by atoms with Crippen LogP contribution in [0.25, 0.3) is 0 Å². The fraction of sp³-hybridized carbons (Fsp3) is 0.167. The van der Waals surface area contributed by atoms with Crippen LogP contribution in [0.3, 0.4) is 0 Å². The Hall–Kier alpha value is -6.90. The molecule has 15 heteroatoms. The van der Waals surface area contributed by atoms with Crippen LogP contribution in [-0.4, -0.2) is 50.9 Å². The first-order valence-electron chi connectivity index (χ1n) is 15.5. The molecule has 5 aromatic rings. The number of nitrogens with one attached hydrogen (secondary N) is 2. The zero-order chi connectivity index (χ0) is 36.3. The lowest BCUT2D eigenvalue weighted by molar-refractivity contribution is -0.386. The van der Waals surface area contributed by atoms with Gasteiger partial charge in [0.15, 0.2) is 5.69 Å². The van der Waals surface area contributed by atoms with Gasteiger partial charge in [-0.05, 0) is 55.3 Å². The van der Waals surface area contributed by atoms with Gasteiger partial charge in [0.2, 0.25) is 11.8 Å². The first-order valence-corrected chi connectivity index (χ1v) is 15.5. The van der Waals surface area contributed by atoms with Crippen LogP contribution < -0.4 is 24.8 Å². The van der Waals surface area contributed by atoms with Gasteiger partial charge in [-0.2, -0.15) is 0 Å². The number of nitrogens with zero attached hydrogens (tertiary/aromatic N) is 4. The molecule has 0 aliphatic heterocycles. The average Bonchev–Trinajstić information content (AvgIpc) is 3.14. The maximum Gasteiger partial charge on any atom is 0.356 e. The first-order chi connectivity index (χ1) is 24.6. The van der Waals surface area contributed by atoms with E-state index in [1.54, 1.807) is 13.8 Å². The van der Waals surface area contributed by atoms with Crippen molar-refractivity contribution < 1.29 is 38.3 Å². The number of benzene rings is 2. The van der Waals surface area contributed by atoms with Gasteiger partial charge in [-0.1, -0.05) is 60.7 Å². The SMILES string of the molecule is COC(=O)c1ccc(NC(=O)c2ccc(NC(=O)c3ccc([N+](=O)[O-])c(OC(C)C)n3)c(OCc3ccccc3)n2)c(OCc2ccccc2)n1. The fourth-order valence-corrected chi connectivity index (χ4v) is 4.47. The number of pyridine rings is 3. The van der Waals surface area contributed by atoms with Gasteiger partial charge >= 0.3 is 11.7 Å². The first kappa shape index (κ1) is 35.4. The number of amides is 2. The highest BCUT2D eigenvalue weighted by Gasteiger charge is 2.23. The Morgan fingerprint density at radius 1 is 0.667 bits per heavy atom. The number of hydrogen-bond acceptors (Lipinski definition) is 12. The van der Waals surface area contributed by atoms with Crippen molar-refractivity contribution in [3.63, 3.8) is 0 Å². The fourth-order valence-electron chi connectivity index (χ4n) is 4.47. The van der Waals surface area contributed by atoms with Crippen LogP contribution >= 0.6 is 0 Å². The van der Waals surface area contributed by atoms with E-state index in [0.717, 1.165) is 17.2 Å². The van der Waals surface area contributed by atoms with Crippen LogP contribution in [0.15, 0.2) is 97.1 Å². The van der Waals surface area contributed by atoms with Crippen molar-refractivity contribution >= 4 is 34.8 Å². The molecule has 0 unspecified atom stereocenters. The Morgan fingerprint density at radius 2 is 1.12 bits per heavy atom. The van der Waals surface area contributed by atoms with E-state index in [0.29, 0.717) is 0 Å². The number of anilines is 2. The third-order valence-corrected chi connectivity index (χ3v) is 6.90. The topological polar surface area (TPSA) is 194 Å². The largest absolute Gasteiger partial charge is 0.471 e. The van der Waals surface area contributed by atoms with Crippen molar-refractivity contribution in [1.29, 1.82) is 0 Å². The molecule has 0 fully saturated rings. The highest BCUT2D eigenvalue weighted by atomic mass is 16.6. The summed E-state index contributed by atoms with van der Waals surface area (Å²) in [5, 5.41) is 16.8. The van der Waals surface area contributed by atoms with Gasteiger partial charge in [0.05, 0.1) is 18.1 Å². The lowest BCUT2D eigenvalue weighted by Gasteiger charge is -2.15. The Labute approximate surface area is 291 Å². The van der Waals surface area contributed by atoms with Gasteiger partial charge in [-0.3, -0.25) is 19.7 Å². The molecule has 2 aromatic carbocycles. The predicted molar refractivity (Wildman–Crippen MR) is 184 cm³/mol. The summed E-state index contributed by atoms with van der Waals surface area (Å²) >= 11 is 0. The van der Waals surface area contributed by atoms with Gasteiger partial charge in [0.1, 0.15) is 36.0 Å². The predicted octanol–water partition coefficient (Wildman–Crippen LogP) is 6.02. The standard InChI is InChI=1S/C36H32N6O9/c1-22(2)51-35-30(42(46)47)19-18-26(40-35)32(44)37-27-15-14-25(39-33(27)49-20-23-10-6-4-7-11-23)31(43)38-28-16-17-29(36(45)48-3)41-34(28)50-21-24-12-8-5-9-13-24/h4-19,22H,20-21H2,1-3H3,(H,37,44)(H,38,43). The molecule has 260 valence electrons. The summed E-state index contributed by atoms with van der Waals surface area (Å²) in [6.45, 7) is 3.48. The normalized spacial score (nSPS) is 10.6. The smallest absolute Gasteiger partial charge is 0.356 e. The molecule has 0 spiro atoms. The quantitative estimate of drug-likeness (QED) is 0.0782. The van der Waals surface area contributed by atoms with Crippen LogP contribution in [0.2, 0.25) is 0 Å². The molecule has 3 aromatic heterocycles. The molecule has 0 bridgehead atoms. The van der Waals surface area contributed by atoms with E-state index >= 15 is 0 Å². The molecule has 0 aliphatic carbocycles. The van der Waals surface area contributed by atoms with Crippen LogP contribution in [-0.2, 0) is 18.0 Å². The molecular formula is C36H32N6O9. The van der Waals surface area contributed by atoms with E-state index in [4.69, 9.17) is 18.9 Å². The van der Waals surface area contributed by atoms with Gasteiger partial charge in [-0.15, -0.1) is 0 Å². The van der Waals surface area contributed by atoms with E-state index < -0.39 is 34.5 Å². The third-order valence-electron chi connectivity index (χ3n) is 6.90. The van der Waals surface area contributed by atoms with E-state index in [-0.39, 0.29) is 59.3 Å². The minimum atomic E-state index is -0.737.